The van der Waals surface area contributed by atoms with Crippen LogP contribution in [0.1, 0.15) is 31.7 Å². The molecule has 1 aliphatic carbocycles. The number of hydrogen-bond acceptors (Lipinski definition) is 2. The maximum atomic E-state index is 12.6. The van der Waals surface area contributed by atoms with Gasteiger partial charge in [-0.2, -0.15) is 0 Å². The highest BCUT2D eigenvalue weighted by Crippen LogP contribution is 2.50. The predicted octanol–water partition coefficient (Wildman–Crippen LogP) is 2.58. The molecule has 1 fully saturated rings. The lowest BCUT2D eigenvalue weighted by molar-refractivity contribution is 0.406. The molecule has 1 aromatic carbocycles. The summed E-state index contributed by atoms with van der Waals surface area (Å²) in [5, 5.41) is 0. The van der Waals surface area contributed by atoms with Crippen molar-refractivity contribution < 1.29 is 8.42 Å². The van der Waals surface area contributed by atoms with Gasteiger partial charge in [0.15, 0.2) is 9.84 Å². The summed E-state index contributed by atoms with van der Waals surface area (Å²) in [5.74, 6) is 0.326. The van der Waals surface area contributed by atoms with Crippen molar-refractivity contribution in [3.05, 3.63) is 29.8 Å². The highest BCUT2D eigenvalue weighted by atomic mass is 32.2. The first-order chi connectivity index (χ1) is 7.56. The normalized spacial score (nSPS) is 35.4. The van der Waals surface area contributed by atoms with E-state index in [2.05, 4.69) is 0 Å². The maximum absolute atomic E-state index is 12.6. The van der Waals surface area contributed by atoms with Gasteiger partial charge in [-0.15, -0.1) is 0 Å². The standard InChI is InChI=1S/C13H16O2S/c1-13-8-4-6-11(13)9-10-5-2-3-7-12(10)16(13,14)15/h2-3,5,7,11H,4,6,8-9H2,1H3. The molecule has 0 aromatic heterocycles. The highest BCUT2D eigenvalue weighted by molar-refractivity contribution is 7.93. The minimum atomic E-state index is -3.12. The Morgan fingerprint density at radius 1 is 1.31 bits per heavy atom. The van der Waals surface area contributed by atoms with E-state index in [0.29, 0.717) is 10.8 Å². The Bertz CT molecular complexity index is 533. The van der Waals surface area contributed by atoms with E-state index >= 15 is 0 Å². The lowest BCUT2D eigenvalue weighted by Crippen LogP contribution is -2.43. The van der Waals surface area contributed by atoms with Crippen LogP contribution in [-0.2, 0) is 16.3 Å². The Morgan fingerprint density at radius 2 is 2.06 bits per heavy atom. The summed E-state index contributed by atoms with van der Waals surface area (Å²) in [5.41, 5.74) is 1.02. The van der Waals surface area contributed by atoms with Gasteiger partial charge in [0.1, 0.15) is 0 Å². The third-order valence-electron chi connectivity index (χ3n) is 4.43. The predicted molar refractivity (Wildman–Crippen MR) is 63.1 cm³/mol. The van der Waals surface area contributed by atoms with Gasteiger partial charge in [0.2, 0.25) is 0 Å². The topological polar surface area (TPSA) is 34.1 Å². The molecular formula is C13H16O2S. The summed E-state index contributed by atoms with van der Waals surface area (Å²) in [6.07, 6.45) is 3.87. The van der Waals surface area contributed by atoms with Crippen LogP contribution in [0.3, 0.4) is 0 Å². The molecule has 2 unspecified atom stereocenters. The fraction of sp³-hybridized carbons (Fsp3) is 0.538. The molecule has 0 N–H and O–H groups in total. The lowest BCUT2D eigenvalue weighted by Gasteiger charge is -2.36. The number of fused-ring (bicyclic) bond motifs is 2. The monoisotopic (exact) mass is 236 g/mol. The first-order valence-corrected chi connectivity index (χ1v) is 7.36. The van der Waals surface area contributed by atoms with Crippen molar-refractivity contribution in [1.82, 2.24) is 0 Å². The third-order valence-corrected chi connectivity index (χ3v) is 7.17. The van der Waals surface area contributed by atoms with Gasteiger partial charge in [-0.1, -0.05) is 24.6 Å². The van der Waals surface area contributed by atoms with Crippen LogP contribution in [0, 0.1) is 5.92 Å². The van der Waals surface area contributed by atoms with Crippen LogP contribution in [0.2, 0.25) is 0 Å². The zero-order valence-electron chi connectivity index (χ0n) is 9.44. The largest absolute Gasteiger partial charge is 0.223 e. The lowest BCUT2D eigenvalue weighted by atomic mass is 9.89. The van der Waals surface area contributed by atoms with Crippen molar-refractivity contribution >= 4 is 9.84 Å². The molecule has 1 aromatic rings. The van der Waals surface area contributed by atoms with Crippen LogP contribution in [0.5, 0.6) is 0 Å². The molecule has 16 heavy (non-hydrogen) atoms. The average Bonchev–Trinajstić information content (AvgIpc) is 2.62. The number of benzene rings is 1. The van der Waals surface area contributed by atoms with Gasteiger partial charge in [-0.3, -0.25) is 0 Å². The molecule has 2 atom stereocenters. The Kier molecular flexibility index (Phi) is 2.00. The molecule has 0 bridgehead atoms. The molecule has 1 heterocycles. The third kappa shape index (κ3) is 1.10. The van der Waals surface area contributed by atoms with Gasteiger partial charge in [-0.05, 0) is 43.7 Å². The number of rotatable bonds is 0. The van der Waals surface area contributed by atoms with Crippen molar-refractivity contribution in [3.8, 4) is 0 Å². The zero-order chi connectivity index (χ0) is 11.4. The summed E-state index contributed by atoms with van der Waals surface area (Å²) in [6.45, 7) is 1.94. The Labute approximate surface area is 96.6 Å². The van der Waals surface area contributed by atoms with E-state index in [0.717, 1.165) is 31.2 Å². The zero-order valence-corrected chi connectivity index (χ0v) is 10.3. The van der Waals surface area contributed by atoms with Gasteiger partial charge in [0, 0.05) is 0 Å². The van der Waals surface area contributed by atoms with Crippen molar-refractivity contribution in [3.63, 3.8) is 0 Å². The van der Waals surface area contributed by atoms with E-state index < -0.39 is 14.6 Å². The molecule has 0 saturated heterocycles. The van der Waals surface area contributed by atoms with Crippen LogP contribution in [0.4, 0.5) is 0 Å². The number of sulfone groups is 1. The van der Waals surface area contributed by atoms with E-state index in [1.165, 1.54) is 0 Å². The summed E-state index contributed by atoms with van der Waals surface area (Å²) in [7, 11) is -3.12. The van der Waals surface area contributed by atoms with Crippen molar-refractivity contribution in [2.75, 3.05) is 0 Å². The average molecular weight is 236 g/mol. The summed E-state index contributed by atoms with van der Waals surface area (Å²) in [6, 6.07) is 7.50. The van der Waals surface area contributed by atoms with Gasteiger partial charge in [0.05, 0.1) is 9.64 Å². The minimum Gasteiger partial charge on any atom is -0.223 e. The van der Waals surface area contributed by atoms with Crippen LogP contribution < -0.4 is 0 Å². The SMILES string of the molecule is CC12CCCC1Cc1ccccc1S2(=O)=O. The van der Waals surface area contributed by atoms with Crippen molar-refractivity contribution in [2.45, 2.75) is 42.2 Å². The van der Waals surface area contributed by atoms with E-state index in [-0.39, 0.29) is 0 Å². The van der Waals surface area contributed by atoms with Crippen molar-refractivity contribution in [1.29, 1.82) is 0 Å². The fourth-order valence-corrected chi connectivity index (χ4v) is 5.64. The summed E-state index contributed by atoms with van der Waals surface area (Å²) >= 11 is 0. The minimum absolute atomic E-state index is 0.326. The second kappa shape index (κ2) is 3.10. The smallest absolute Gasteiger partial charge is 0.184 e. The van der Waals surface area contributed by atoms with E-state index in [4.69, 9.17) is 0 Å². The highest BCUT2D eigenvalue weighted by Gasteiger charge is 2.52. The van der Waals surface area contributed by atoms with Crippen LogP contribution in [-0.4, -0.2) is 13.2 Å². The van der Waals surface area contributed by atoms with Gasteiger partial charge in [-0.25, -0.2) is 8.42 Å². The molecule has 1 saturated carbocycles. The Balaban J connectivity index is 2.27. The molecule has 1 aliphatic heterocycles. The first kappa shape index (κ1) is 10.3. The van der Waals surface area contributed by atoms with Crippen molar-refractivity contribution in [2.24, 2.45) is 5.92 Å². The molecular weight excluding hydrogens is 220 g/mol. The Morgan fingerprint density at radius 3 is 2.88 bits per heavy atom. The van der Waals surface area contributed by atoms with E-state index in [9.17, 15) is 8.42 Å². The fourth-order valence-electron chi connectivity index (χ4n) is 3.33. The van der Waals surface area contributed by atoms with Gasteiger partial charge in [0.25, 0.3) is 0 Å². The van der Waals surface area contributed by atoms with Crippen LogP contribution in [0.25, 0.3) is 0 Å². The molecule has 2 nitrogen and oxygen atoms in total. The second-order valence-electron chi connectivity index (χ2n) is 5.22. The Hall–Kier alpha value is -0.830. The van der Waals surface area contributed by atoms with Crippen LogP contribution >= 0.6 is 0 Å². The first-order valence-electron chi connectivity index (χ1n) is 5.88. The van der Waals surface area contributed by atoms with E-state index in [1.807, 2.05) is 25.1 Å². The van der Waals surface area contributed by atoms with Gasteiger partial charge >= 0.3 is 0 Å². The quantitative estimate of drug-likeness (QED) is 0.694. The molecule has 86 valence electrons. The maximum Gasteiger partial charge on any atom is 0.184 e. The molecule has 2 aliphatic rings. The molecule has 0 amide bonds. The molecule has 3 rings (SSSR count). The molecule has 0 spiro atoms. The summed E-state index contributed by atoms with van der Waals surface area (Å²) in [4.78, 5) is 0.579. The number of hydrogen-bond donors (Lipinski definition) is 0. The molecule has 0 radical (unpaired) electrons. The van der Waals surface area contributed by atoms with Crippen LogP contribution in [0.15, 0.2) is 29.2 Å². The summed E-state index contributed by atoms with van der Waals surface area (Å²) < 4.78 is 24.7. The molecule has 3 heteroatoms. The van der Waals surface area contributed by atoms with E-state index in [1.54, 1.807) is 6.07 Å². The second-order valence-corrected chi connectivity index (χ2v) is 7.60. The van der Waals surface area contributed by atoms with Gasteiger partial charge < -0.3 is 0 Å².